The van der Waals surface area contributed by atoms with Crippen LogP contribution in [-0.2, 0) is 6.54 Å². The van der Waals surface area contributed by atoms with Gasteiger partial charge in [0.25, 0.3) is 5.91 Å². The molecule has 1 unspecified atom stereocenters. The lowest BCUT2D eigenvalue weighted by molar-refractivity contribution is 0.0952. The van der Waals surface area contributed by atoms with Gasteiger partial charge in [-0.2, -0.15) is 0 Å². The molecule has 1 saturated heterocycles. The Morgan fingerprint density at radius 1 is 1.03 bits per heavy atom. The fraction of sp³-hybridized carbons (Fsp3) is 0.259. The molecule has 0 spiro atoms. The Kier molecular flexibility index (Phi) is 5.29. The smallest absolute Gasteiger partial charge is 0.252 e. The number of benzene rings is 3. The van der Waals surface area contributed by atoms with Crippen LogP contribution in [0.5, 0.6) is 0 Å². The quantitative estimate of drug-likeness (QED) is 0.480. The average molecular weight is 410 g/mol. The Morgan fingerprint density at radius 2 is 1.81 bits per heavy atom. The van der Waals surface area contributed by atoms with Crippen LogP contribution in [0.15, 0.2) is 72.8 Å². The van der Waals surface area contributed by atoms with Crippen molar-refractivity contribution in [2.24, 2.45) is 5.92 Å². The molecule has 1 fully saturated rings. The molecule has 156 valence electrons. The Hall–Kier alpha value is -3.40. The number of nitrogens with zero attached hydrogens (tertiary/aromatic N) is 2. The van der Waals surface area contributed by atoms with Crippen molar-refractivity contribution in [3.05, 3.63) is 83.9 Å². The minimum atomic E-state index is -0.0576. The third kappa shape index (κ3) is 3.98. The average Bonchev–Trinajstić information content (AvgIpc) is 2.81. The molecule has 0 aliphatic carbocycles. The summed E-state index contributed by atoms with van der Waals surface area (Å²) >= 11 is 0. The fourth-order valence-electron chi connectivity index (χ4n) is 4.63. The number of hydrogen-bond acceptors (Lipinski definition) is 3. The van der Waals surface area contributed by atoms with Crippen molar-refractivity contribution < 1.29 is 4.79 Å². The van der Waals surface area contributed by atoms with E-state index in [2.05, 4.69) is 41.4 Å². The lowest BCUT2D eigenvalue weighted by Crippen LogP contribution is -2.35. The molecule has 1 N–H and O–H groups in total. The van der Waals surface area contributed by atoms with Gasteiger partial charge >= 0.3 is 0 Å². The highest BCUT2D eigenvalue weighted by Crippen LogP contribution is 2.27. The lowest BCUT2D eigenvalue weighted by Gasteiger charge is -2.32. The molecule has 2 heterocycles. The second-order valence-corrected chi connectivity index (χ2v) is 8.56. The Morgan fingerprint density at radius 3 is 2.68 bits per heavy atom. The van der Waals surface area contributed by atoms with Crippen LogP contribution >= 0.6 is 0 Å². The zero-order valence-electron chi connectivity index (χ0n) is 17.8. The third-order valence-electron chi connectivity index (χ3n) is 6.25. The molecule has 1 amide bonds. The second-order valence-electron chi connectivity index (χ2n) is 8.56. The molecule has 4 heteroatoms. The van der Waals surface area contributed by atoms with Gasteiger partial charge in [-0.15, -0.1) is 0 Å². The van der Waals surface area contributed by atoms with E-state index in [0.717, 1.165) is 41.8 Å². The van der Waals surface area contributed by atoms with Crippen molar-refractivity contribution in [1.82, 2.24) is 10.3 Å². The first-order chi connectivity index (χ1) is 15.2. The van der Waals surface area contributed by atoms with E-state index in [1.807, 2.05) is 48.5 Å². The van der Waals surface area contributed by atoms with Crippen LogP contribution in [0.4, 0.5) is 5.82 Å². The maximum atomic E-state index is 13.3. The van der Waals surface area contributed by atoms with Gasteiger partial charge in [0.2, 0.25) is 0 Å². The van der Waals surface area contributed by atoms with Gasteiger partial charge < -0.3 is 10.2 Å². The number of fused-ring (bicyclic) bond motifs is 2. The molecule has 1 aromatic heterocycles. The van der Waals surface area contributed by atoms with E-state index >= 15 is 0 Å². The number of piperidine rings is 1. The molecule has 0 bridgehead atoms. The first kappa shape index (κ1) is 19.6. The van der Waals surface area contributed by atoms with Gasteiger partial charge in [0.15, 0.2) is 0 Å². The minimum absolute atomic E-state index is 0.0576. The van der Waals surface area contributed by atoms with Gasteiger partial charge in [-0.3, -0.25) is 4.79 Å². The molecule has 5 rings (SSSR count). The molecule has 1 aliphatic rings. The predicted molar refractivity (Wildman–Crippen MR) is 127 cm³/mol. The number of nitrogens with one attached hydrogen (secondary N) is 1. The van der Waals surface area contributed by atoms with Crippen LogP contribution in [0.25, 0.3) is 21.7 Å². The number of rotatable bonds is 4. The summed E-state index contributed by atoms with van der Waals surface area (Å²) in [6.07, 6.45) is 2.42. The molecule has 31 heavy (non-hydrogen) atoms. The molecular formula is C27H27N3O. The number of carbonyl (C=O) groups excluding carboxylic acids is 1. The molecule has 1 aliphatic heterocycles. The van der Waals surface area contributed by atoms with Gasteiger partial charge in [-0.05, 0) is 47.2 Å². The summed E-state index contributed by atoms with van der Waals surface area (Å²) in [5.41, 5.74) is 2.68. The summed E-state index contributed by atoms with van der Waals surface area (Å²) in [5, 5.41) is 6.41. The zero-order valence-corrected chi connectivity index (χ0v) is 17.8. The summed E-state index contributed by atoms with van der Waals surface area (Å²) in [4.78, 5) is 20.5. The van der Waals surface area contributed by atoms with E-state index in [9.17, 15) is 4.79 Å². The number of para-hydroxylation sites is 1. The van der Waals surface area contributed by atoms with E-state index in [-0.39, 0.29) is 5.91 Å². The van der Waals surface area contributed by atoms with Crippen molar-refractivity contribution in [2.45, 2.75) is 26.3 Å². The van der Waals surface area contributed by atoms with E-state index in [1.54, 1.807) is 0 Å². The van der Waals surface area contributed by atoms with Gasteiger partial charge in [0, 0.05) is 25.0 Å². The van der Waals surface area contributed by atoms with Crippen LogP contribution in [0.3, 0.4) is 0 Å². The highest BCUT2D eigenvalue weighted by molar-refractivity contribution is 6.07. The van der Waals surface area contributed by atoms with E-state index in [0.29, 0.717) is 18.0 Å². The Bertz CT molecular complexity index is 1240. The molecule has 3 aromatic carbocycles. The van der Waals surface area contributed by atoms with Crippen LogP contribution in [-0.4, -0.2) is 24.0 Å². The highest BCUT2D eigenvalue weighted by atomic mass is 16.1. The SMILES string of the molecule is CC1CCCN(c2cc(C(=O)NCc3cccc4ccccc34)c3ccccc3n2)C1. The van der Waals surface area contributed by atoms with Crippen molar-refractivity contribution in [3.8, 4) is 0 Å². The minimum Gasteiger partial charge on any atom is -0.356 e. The second kappa shape index (κ2) is 8.38. The first-order valence-electron chi connectivity index (χ1n) is 11.1. The molecule has 4 nitrogen and oxygen atoms in total. The normalized spacial score (nSPS) is 16.5. The summed E-state index contributed by atoms with van der Waals surface area (Å²) in [7, 11) is 0. The number of amides is 1. The third-order valence-corrected chi connectivity index (χ3v) is 6.25. The van der Waals surface area contributed by atoms with Crippen LogP contribution in [0.1, 0.15) is 35.7 Å². The van der Waals surface area contributed by atoms with Gasteiger partial charge in [-0.1, -0.05) is 67.6 Å². The number of hydrogen-bond donors (Lipinski definition) is 1. The fourth-order valence-corrected chi connectivity index (χ4v) is 4.63. The number of pyridine rings is 1. The van der Waals surface area contributed by atoms with E-state index < -0.39 is 0 Å². The Balaban J connectivity index is 1.46. The Labute approximate surface area is 182 Å². The highest BCUT2D eigenvalue weighted by Gasteiger charge is 2.20. The lowest BCUT2D eigenvalue weighted by atomic mass is 10.00. The first-order valence-corrected chi connectivity index (χ1v) is 11.1. The van der Waals surface area contributed by atoms with Crippen molar-refractivity contribution >= 4 is 33.4 Å². The van der Waals surface area contributed by atoms with Gasteiger partial charge in [-0.25, -0.2) is 4.98 Å². The summed E-state index contributed by atoms with van der Waals surface area (Å²) < 4.78 is 0. The molecule has 4 aromatic rings. The predicted octanol–water partition coefficient (Wildman–Crippen LogP) is 5.55. The number of anilines is 1. The van der Waals surface area contributed by atoms with Crippen molar-refractivity contribution in [2.75, 3.05) is 18.0 Å². The van der Waals surface area contributed by atoms with Gasteiger partial charge in [0.1, 0.15) is 5.82 Å². The topological polar surface area (TPSA) is 45.2 Å². The molecule has 1 atom stereocenters. The zero-order chi connectivity index (χ0) is 21.2. The maximum absolute atomic E-state index is 13.3. The maximum Gasteiger partial charge on any atom is 0.252 e. The summed E-state index contributed by atoms with van der Waals surface area (Å²) in [5.74, 6) is 1.49. The summed E-state index contributed by atoms with van der Waals surface area (Å²) in [6, 6.07) is 24.4. The molecule has 0 radical (unpaired) electrons. The van der Waals surface area contributed by atoms with E-state index in [4.69, 9.17) is 4.98 Å². The monoisotopic (exact) mass is 409 g/mol. The van der Waals surface area contributed by atoms with Crippen LogP contribution in [0.2, 0.25) is 0 Å². The largest absolute Gasteiger partial charge is 0.356 e. The molecule has 0 saturated carbocycles. The van der Waals surface area contributed by atoms with E-state index in [1.165, 1.54) is 17.2 Å². The summed E-state index contributed by atoms with van der Waals surface area (Å²) in [6.45, 7) is 4.76. The van der Waals surface area contributed by atoms with Crippen LogP contribution in [0, 0.1) is 5.92 Å². The number of carbonyl (C=O) groups is 1. The number of aromatic nitrogens is 1. The van der Waals surface area contributed by atoms with Crippen molar-refractivity contribution in [3.63, 3.8) is 0 Å². The standard InChI is InChI=1S/C27H27N3O/c1-19-8-7-15-30(18-19)26-16-24(23-13-4-5-14-25(23)29-26)27(31)28-17-21-11-6-10-20-9-2-3-12-22(20)21/h2-6,9-14,16,19H,7-8,15,17-18H2,1H3,(H,28,31). The van der Waals surface area contributed by atoms with Gasteiger partial charge in [0.05, 0.1) is 11.1 Å². The van der Waals surface area contributed by atoms with Crippen LogP contribution < -0.4 is 10.2 Å². The van der Waals surface area contributed by atoms with Crippen molar-refractivity contribution in [1.29, 1.82) is 0 Å². The molecular weight excluding hydrogens is 382 g/mol.